The lowest BCUT2D eigenvalue weighted by molar-refractivity contribution is -0.138. The van der Waals surface area contributed by atoms with Gasteiger partial charge < -0.3 is 17.7 Å². The first-order valence-corrected chi connectivity index (χ1v) is 6.25. The molecule has 0 fully saturated rings. The highest BCUT2D eigenvalue weighted by atomic mass is 28.4. The van der Waals surface area contributed by atoms with Gasteiger partial charge in [-0.1, -0.05) is 19.9 Å². The molecule has 0 aliphatic rings. The molecule has 0 radical (unpaired) electrons. The SMILES string of the molecule is C=C(CCC)C(=O)O[Si](OC)(OC)OC. The predicted molar refractivity (Wildman–Crippen MR) is 56.9 cm³/mol. The summed E-state index contributed by atoms with van der Waals surface area (Å²) in [6.07, 6.45) is 1.41. The zero-order valence-corrected chi connectivity index (χ0v) is 10.7. The van der Waals surface area contributed by atoms with E-state index in [1.54, 1.807) is 0 Å². The Bertz CT molecular complexity index is 216. The molecule has 15 heavy (non-hydrogen) atoms. The van der Waals surface area contributed by atoms with Crippen LogP contribution >= 0.6 is 0 Å². The van der Waals surface area contributed by atoms with E-state index < -0.39 is 15.0 Å². The molecule has 88 valence electrons. The summed E-state index contributed by atoms with van der Waals surface area (Å²) >= 11 is 0. The van der Waals surface area contributed by atoms with Crippen molar-refractivity contribution >= 4 is 15.0 Å². The molecule has 0 atom stereocenters. The summed E-state index contributed by atoms with van der Waals surface area (Å²) in [7, 11) is 0.828. The fraction of sp³-hybridized carbons (Fsp3) is 0.667. The van der Waals surface area contributed by atoms with Crippen LogP contribution in [0.3, 0.4) is 0 Å². The molecule has 0 rings (SSSR count). The van der Waals surface area contributed by atoms with Crippen LogP contribution < -0.4 is 0 Å². The first-order chi connectivity index (χ1) is 7.05. The third kappa shape index (κ3) is 4.13. The van der Waals surface area contributed by atoms with Gasteiger partial charge in [0, 0.05) is 26.9 Å². The van der Waals surface area contributed by atoms with Crippen molar-refractivity contribution in [1.29, 1.82) is 0 Å². The molecule has 0 unspecified atom stereocenters. The highest BCUT2D eigenvalue weighted by molar-refractivity contribution is 6.55. The molecule has 0 aromatic rings. The van der Waals surface area contributed by atoms with Crippen molar-refractivity contribution in [3.8, 4) is 0 Å². The van der Waals surface area contributed by atoms with Gasteiger partial charge in [-0.25, -0.2) is 4.79 Å². The van der Waals surface area contributed by atoms with Gasteiger partial charge in [-0.15, -0.1) is 0 Å². The maximum Gasteiger partial charge on any atom is 0.751 e. The van der Waals surface area contributed by atoms with Crippen LogP contribution in [0.25, 0.3) is 0 Å². The number of hydrogen-bond donors (Lipinski definition) is 0. The standard InChI is InChI=1S/C9H18O5Si/c1-6-7-8(2)9(10)14-15(11-3,12-4)13-5/h2,6-7H2,1,3-5H3. The summed E-state index contributed by atoms with van der Waals surface area (Å²) in [5.41, 5.74) is 0.389. The van der Waals surface area contributed by atoms with Gasteiger partial charge in [-0.3, -0.25) is 0 Å². The Morgan fingerprint density at radius 1 is 1.20 bits per heavy atom. The minimum Gasteiger partial charge on any atom is -0.448 e. The Kier molecular flexibility index (Phi) is 6.42. The summed E-state index contributed by atoms with van der Waals surface area (Å²) in [6.45, 7) is 5.56. The second-order valence-corrected chi connectivity index (χ2v) is 5.28. The molecule has 0 N–H and O–H groups in total. The van der Waals surface area contributed by atoms with Gasteiger partial charge in [-0.05, 0) is 6.42 Å². The molecule has 0 saturated carbocycles. The normalized spacial score (nSPS) is 11.2. The maximum absolute atomic E-state index is 11.5. The molecule has 0 bridgehead atoms. The van der Waals surface area contributed by atoms with Gasteiger partial charge in [0.15, 0.2) is 0 Å². The van der Waals surface area contributed by atoms with Crippen LogP contribution in [0, 0.1) is 0 Å². The van der Waals surface area contributed by atoms with E-state index >= 15 is 0 Å². The Morgan fingerprint density at radius 3 is 2.00 bits per heavy atom. The van der Waals surface area contributed by atoms with Crippen molar-refractivity contribution < 1.29 is 22.5 Å². The molecule has 0 amide bonds. The van der Waals surface area contributed by atoms with Gasteiger partial charge in [0.1, 0.15) is 0 Å². The van der Waals surface area contributed by atoms with E-state index in [1.807, 2.05) is 6.92 Å². The van der Waals surface area contributed by atoms with Gasteiger partial charge in [0.25, 0.3) is 0 Å². The Labute approximate surface area is 91.5 Å². The molecular weight excluding hydrogens is 216 g/mol. The van der Waals surface area contributed by atoms with E-state index in [9.17, 15) is 4.79 Å². The zero-order valence-electron chi connectivity index (χ0n) is 9.66. The summed E-state index contributed by atoms with van der Waals surface area (Å²) in [5.74, 6) is -0.533. The van der Waals surface area contributed by atoms with Crippen LogP contribution in [0.1, 0.15) is 19.8 Å². The van der Waals surface area contributed by atoms with Crippen molar-refractivity contribution in [2.75, 3.05) is 21.3 Å². The molecule has 0 aromatic heterocycles. The molecular formula is C9H18O5Si. The Morgan fingerprint density at radius 2 is 1.67 bits per heavy atom. The smallest absolute Gasteiger partial charge is 0.448 e. The Hall–Kier alpha value is -0.693. The first kappa shape index (κ1) is 14.3. The first-order valence-electron chi connectivity index (χ1n) is 4.61. The average Bonchev–Trinajstić information content (AvgIpc) is 2.26. The zero-order chi connectivity index (χ0) is 11.9. The van der Waals surface area contributed by atoms with E-state index in [0.717, 1.165) is 6.42 Å². The van der Waals surface area contributed by atoms with Crippen molar-refractivity contribution in [3.05, 3.63) is 12.2 Å². The van der Waals surface area contributed by atoms with E-state index in [1.165, 1.54) is 21.3 Å². The highest BCUT2D eigenvalue weighted by Crippen LogP contribution is 2.12. The van der Waals surface area contributed by atoms with Gasteiger partial charge in [0.2, 0.25) is 0 Å². The van der Waals surface area contributed by atoms with Crippen LogP contribution in [0.2, 0.25) is 0 Å². The quantitative estimate of drug-likeness (QED) is 0.490. The lowest BCUT2D eigenvalue weighted by Crippen LogP contribution is -2.48. The minimum absolute atomic E-state index is 0.389. The topological polar surface area (TPSA) is 54.0 Å². The average molecular weight is 234 g/mol. The Balaban J connectivity index is 4.41. The lowest BCUT2D eigenvalue weighted by atomic mass is 10.2. The molecule has 0 heterocycles. The largest absolute Gasteiger partial charge is 0.751 e. The number of hydrogen-bond acceptors (Lipinski definition) is 5. The van der Waals surface area contributed by atoms with Crippen molar-refractivity contribution in [3.63, 3.8) is 0 Å². The van der Waals surface area contributed by atoms with Gasteiger partial charge in [0.05, 0.1) is 0 Å². The second kappa shape index (κ2) is 6.73. The third-order valence-corrected chi connectivity index (χ3v) is 3.74. The van der Waals surface area contributed by atoms with Gasteiger partial charge >= 0.3 is 15.0 Å². The summed E-state index contributed by atoms with van der Waals surface area (Å²) in [6, 6.07) is 0. The van der Waals surface area contributed by atoms with E-state index in [0.29, 0.717) is 12.0 Å². The van der Waals surface area contributed by atoms with E-state index in [4.69, 9.17) is 17.7 Å². The molecule has 0 spiro atoms. The minimum atomic E-state index is -3.28. The van der Waals surface area contributed by atoms with Crippen LogP contribution in [-0.4, -0.2) is 36.3 Å². The molecule has 5 nitrogen and oxygen atoms in total. The van der Waals surface area contributed by atoms with Gasteiger partial charge in [-0.2, -0.15) is 0 Å². The summed E-state index contributed by atoms with van der Waals surface area (Å²) in [4.78, 5) is 11.5. The van der Waals surface area contributed by atoms with E-state index in [2.05, 4.69) is 6.58 Å². The second-order valence-electron chi connectivity index (χ2n) is 2.86. The van der Waals surface area contributed by atoms with Crippen LogP contribution in [0.15, 0.2) is 12.2 Å². The summed E-state index contributed by atoms with van der Waals surface area (Å²) < 4.78 is 19.9. The van der Waals surface area contributed by atoms with Crippen LogP contribution in [0.5, 0.6) is 0 Å². The third-order valence-electron chi connectivity index (χ3n) is 1.81. The van der Waals surface area contributed by atoms with E-state index in [-0.39, 0.29) is 0 Å². The monoisotopic (exact) mass is 234 g/mol. The number of rotatable bonds is 7. The number of carbonyl (C=O) groups excluding carboxylic acids is 1. The highest BCUT2D eigenvalue weighted by Gasteiger charge is 2.47. The van der Waals surface area contributed by atoms with Crippen molar-refractivity contribution in [1.82, 2.24) is 0 Å². The van der Waals surface area contributed by atoms with Crippen LogP contribution in [0.4, 0.5) is 0 Å². The van der Waals surface area contributed by atoms with Crippen LogP contribution in [-0.2, 0) is 22.5 Å². The van der Waals surface area contributed by atoms with Crippen molar-refractivity contribution in [2.45, 2.75) is 19.8 Å². The fourth-order valence-electron chi connectivity index (χ4n) is 0.965. The molecule has 0 aliphatic heterocycles. The maximum atomic E-state index is 11.5. The fourth-order valence-corrected chi connectivity index (χ4v) is 2.09. The number of carbonyl (C=O) groups is 1. The molecule has 6 heteroatoms. The summed E-state index contributed by atoms with van der Waals surface area (Å²) in [5, 5.41) is 0. The molecule has 0 saturated heterocycles. The molecule has 0 aliphatic carbocycles. The lowest BCUT2D eigenvalue weighted by Gasteiger charge is -2.22. The molecule has 0 aromatic carbocycles. The van der Waals surface area contributed by atoms with Crippen molar-refractivity contribution in [2.24, 2.45) is 0 Å². The predicted octanol–water partition coefficient (Wildman–Crippen LogP) is 1.26.